The van der Waals surface area contributed by atoms with E-state index in [-0.39, 0.29) is 11.6 Å². The molecule has 2 atom stereocenters. The molecule has 20 aromatic carbocycles. The molecule has 1 aliphatic heterocycles. The molecule has 630 valence electrons. The van der Waals surface area contributed by atoms with Gasteiger partial charge in [0.25, 0.3) is 0 Å². The van der Waals surface area contributed by atoms with E-state index in [2.05, 4.69) is 411 Å². The summed E-state index contributed by atoms with van der Waals surface area (Å²) in [5.74, 6) is 2.16. The number of ether oxygens (including phenoxy) is 2. The Balaban J connectivity index is 0.739. The maximum atomic E-state index is 15.8. The highest BCUT2D eigenvalue weighted by molar-refractivity contribution is 7.22. The van der Waals surface area contributed by atoms with Crippen molar-refractivity contribution in [2.45, 2.75) is 10.8 Å². The number of fused-ring (bicyclic) bond motifs is 9. The number of anilines is 6. The van der Waals surface area contributed by atoms with Crippen molar-refractivity contribution in [1.82, 2.24) is 0 Å². The van der Waals surface area contributed by atoms with Crippen LogP contribution in [0, 0.1) is 11.6 Å². The molecule has 20 aromatic rings. The molecule has 0 N–H and O–H groups in total. The summed E-state index contributed by atoms with van der Waals surface area (Å²) >= 11 is 0. The monoisotopic (exact) mass is 1720 g/mol. The minimum absolute atomic E-state index is 0.316. The van der Waals surface area contributed by atoms with Crippen LogP contribution in [0.1, 0.15) is 55.6 Å². The van der Waals surface area contributed by atoms with Gasteiger partial charge in [-0.15, -0.1) is 0 Å². The van der Waals surface area contributed by atoms with Crippen LogP contribution in [0.2, 0.25) is 0 Å². The molecule has 4 nitrogen and oxygen atoms in total. The van der Waals surface area contributed by atoms with E-state index < -0.39 is 18.9 Å². The van der Waals surface area contributed by atoms with Gasteiger partial charge in [-0.1, -0.05) is 353 Å². The quantitative estimate of drug-likeness (QED) is 0.0632. The second kappa shape index (κ2) is 33.7. The zero-order valence-electron chi connectivity index (χ0n) is 72.7. The Morgan fingerprint density at radius 1 is 0.218 bits per heavy atom. The molecule has 133 heavy (non-hydrogen) atoms. The zero-order chi connectivity index (χ0) is 89.1. The SMILES string of the molecule is C=Cc1ccc(Oc2ccc(C3(c4ccc(F)cc4)c4ccccc4-c4ccc(N(c5ccc(-c6cccc(-c7ccccc7)c6)cc5)c5ccc6c(c5)-c5cc(N(c7ccc(-c8cccc(-c9ccccc9)c8)cc7)c7ccc8c(c7)C(c7ccc(F)cc7)(c7ccc(Oc9ccc(C=C)cc9)cc7)c7ccccc7-8)ccc5[Si]6(c5ccccc5)c5ccccc5)cc43)cc2)cc1. The van der Waals surface area contributed by atoms with Crippen molar-refractivity contribution in [3.8, 4) is 101 Å². The van der Waals surface area contributed by atoms with Crippen molar-refractivity contribution < 1.29 is 18.3 Å². The molecular weight excluding hydrogens is 1640 g/mol. The molecule has 1 heterocycles. The number of benzene rings is 20. The fourth-order valence-corrected chi connectivity index (χ4v) is 26.4. The lowest BCUT2D eigenvalue weighted by atomic mass is 9.67. The van der Waals surface area contributed by atoms with Gasteiger partial charge in [-0.2, -0.15) is 0 Å². The smallest absolute Gasteiger partial charge is 0.180 e. The molecular formula is C126H86F2N2O2Si. The molecule has 0 bridgehead atoms. The van der Waals surface area contributed by atoms with Crippen molar-refractivity contribution in [1.29, 1.82) is 0 Å². The van der Waals surface area contributed by atoms with Crippen molar-refractivity contribution in [3.05, 3.63) is 566 Å². The molecule has 0 amide bonds. The van der Waals surface area contributed by atoms with E-state index in [1.807, 2.05) is 84.9 Å². The maximum Gasteiger partial charge on any atom is 0.180 e. The Labute approximate surface area is 775 Å². The molecule has 0 saturated heterocycles. The zero-order valence-corrected chi connectivity index (χ0v) is 73.7. The van der Waals surface area contributed by atoms with Crippen LogP contribution in [-0.2, 0) is 10.8 Å². The molecule has 0 radical (unpaired) electrons. The van der Waals surface area contributed by atoms with Gasteiger partial charge >= 0.3 is 0 Å². The van der Waals surface area contributed by atoms with Gasteiger partial charge in [-0.25, -0.2) is 8.78 Å². The Morgan fingerprint density at radius 3 is 0.850 bits per heavy atom. The predicted molar refractivity (Wildman–Crippen MR) is 548 cm³/mol. The average Bonchev–Trinajstić information content (AvgIpc) is 1.55. The second-order valence-corrected chi connectivity index (χ2v) is 38.2. The van der Waals surface area contributed by atoms with Crippen LogP contribution < -0.4 is 40.0 Å². The maximum absolute atomic E-state index is 15.8. The van der Waals surface area contributed by atoms with Crippen molar-refractivity contribution >= 4 is 75.1 Å². The van der Waals surface area contributed by atoms with E-state index in [0.717, 1.165) is 168 Å². The topological polar surface area (TPSA) is 24.9 Å². The summed E-state index contributed by atoms with van der Waals surface area (Å²) in [6.45, 7) is 7.95. The highest BCUT2D eigenvalue weighted by Gasteiger charge is 2.52. The Kier molecular flexibility index (Phi) is 20.4. The van der Waals surface area contributed by atoms with Crippen LogP contribution in [0.25, 0.3) is 90.0 Å². The third kappa shape index (κ3) is 13.9. The summed E-state index contributed by atoms with van der Waals surface area (Å²) in [4.78, 5) is 4.88. The summed E-state index contributed by atoms with van der Waals surface area (Å²) in [6, 6.07) is 172. The van der Waals surface area contributed by atoms with Gasteiger partial charge in [0.2, 0.25) is 0 Å². The van der Waals surface area contributed by atoms with E-state index in [0.29, 0.717) is 23.0 Å². The van der Waals surface area contributed by atoms with E-state index in [9.17, 15) is 0 Å². The van der Waals surface area contributed by atoms with E-state index in [4.69, 9.17) is 9.47 Å². The standard InChI is InChI=1S/C126H86F2N2O2Si/c1-3-85-39-67-107(68-40-85)131-109-71-51-97(52-72-109)125(95-47-55-99(127)56-48-95)119-37-19-17-35-113(119)115-75-63-105(83-121(115)125)129(101-59-43-89(44-60-101)93-29-21-27-91(79-93)87-23-9-5-10-24-87)103-65-77-123-117(81-103)118-82-104(66-78-124(118)133(123,111-31-13-7-14-32-111)112-33-15-8-16-34-112)130(102-61-45-90(46-62-102)94-30-22-28-92(80-94)88-25-11-6-12-26-88)106-64-76-116-114-36-18-20-38-120(114)126(122(116)84-106,96-49-57-100(128)58-50-96)98-53-73-110(74-54-98)132-108-69-41-86(4-2)42-70-108/h3-84H,1-2H2. The summed E-state index contributed by atoms with van der Waals surface area (Å²) in [7, 11) is -3.28. The van der Waals surface area contributed by atoms with Crippen LogP contribution in [0.5, 0.6) is 23.0 Å². The minimum atomic E-state index is -3.28. The fourth-order valence-electron chi connectivity index (χ4n) is 21.2. The Hall–Kier alpha value is -16.8. The molecule has 7 heteroatoms. The number of hydrogen-bond donors (Lipinski definition) is 0. The van der Waals surface area contributed by atoms with Gasteiger partial charge in [0.15, 0.2) is 8.07 Å². The lowest BCUT2D eigenvalue weighted by Crippen LogP contribution is -2.72. The van der Waals surface area contributed by atoms with Crippen LogP contribution in [0.3, 0.4) is 0 Å². The van der Waals surface area contributed by atoms with Crippen LogP contribution in [0.15, 0.2) is 498 Å². The van der Waals surface area contributed by atoms with Crippen molar-refractivity contribution in [2.75, 3.05) is 9.80 Å². The fraction of sp³-hybridized carbons (Fsp3) is 0.0159. The largest absolute Gasteiger partial charge is 0.457 e. The summed E-state index contributed by atoms with van der Waals surface area (Å²) < 4.78 is 44.8. The molecule has 0 fully saturated rings. The average molecular weight is 1730 g/mol. The van der Waals surface area contributed by atoms with Crippen molar-refractivity contribution in [3.63, 3.8) is 0 Å². The first kappa shape index (κ1) is 80.7. The van der Waals surface area contributed by atoms with Crippen LogP contribution in [-0.4, -0.2) is 8.07 Å². The first-order valence-corrected chi connectivity index (χ1v) is 47.1. The number of rotatable bonds is 22. The van der Waals surface area contributed by atoms with Crippen LogP contribution in [0.4, 0.5) is 42.9 Å². The van der Waals surface area contributed by atoms with Gasteiger partial charge in [0, 0.05) is 34.1 Å². The van der Waals surface area contributed by atoms with Gasteiger partial charge in [0.05, 0.1) is 10.8 Å². The third-order valence-electron chi connectivity index (χ3n) is 27.3. The van der Waals surface area contributed by atoms with Gasteiger partial charge < -0.3 is 19.3 Å². The third-order valence-corrected chi connectivity index (χ3v) is 32.2. The first-order chi connectivity index (χ1) is 65.6. The van der Waals surface area contributed by atoms with E-state index >= 15 is 8.78 Å². The van der Waals surface area contributed by atoms with Crippen LogP contribution >= 0.6 is 0 Å². The van der Waals surface area contributed by atoms with E-state index in [1.54, 1.807) is 24.3 Å². The highest BCUT2D eigenvalue weighted by atomic mass is 28.3. The normalized spacial score (nSPS) is 14.4. The summed E-state index contributed by atoms with van der Waals surface area (Å²) in [6.07, 6.45) is 3.65. The Morgan fingerprint density at radius 2 is 0.496 bits per heavy atom. The minimum Gasteiger partial charge on any atom is -0.457 e. The molecule has 0 aromatic heterocycles. The second-order valence-electron chi connectivity index (χ2n) is 34.5. The van der Waals surface area contributed by atoms with Gasteiger partial charge in [0.1, 0.15) is 34.6 Å². The van der Waals surface area contributed by atoms with Gasteiger partial charge in [-0.05, 0) is 312 Å². The predicted octanol–water partition coefficient (Wildman–Crippen LogP) is 30.5. The first-order valence-electron chi connectivity index (χ1n) is 45.1. The molecule has 2 aliphatic carbocycles. The lowest BCUT2D eigenvalue weighted by Gasteiger charge is -2.35. The molecule has 23 rings (SSSR count). The highest BCUT2D eigenvalue weighted by Crippen LogP contribution is 2.60. The summed E-state index contributed by atoms with van der Waals surface area (Å²) in [5, 5.41) is 5.07. The molecule has 0 spiro atoms. The van der Waals surface area contributed by atoms with Crippen molar-refractivity contribution in [2.24, 2.45) is 0 Å². The number of nitrogens with zero attached hydrogens (tertiary/aromatic N) is 2. The number of halogens is 2. The molecule has 2 unspecified atom stereocenters. The Bertz CT molecular complexity index is 7340. The van der Waals surface area contributed by atoms with Gasteiger partial charge in [-0.3, -0.25) is 0 Å². The summed E-state index contributed by atoms with van der Waals surface area (Å²) in [5.41, 5.74) is 29.4. The lowest BCUT2D eigenvalue weighted by molar-refractivity contribution is 0.482. The molecule has 0 saturated carbocycles. The van der Waals surface area contributed by atoms with E-state index in [1.165, 1.54) is 20.7 Å². The number of hydrogen-bond acceptors (Lipinski definition) is 4. The molecule has 3 aliphatic rings.